The molecule has 7 nitrogen and oxygen atoms in total. The summed E-state index contributed by atoms with van der Waals surface area (Å²) in [5.74, 6) is -0.315. The smallest absolute Gasteiger partial charge is 0.339 e. The topological polar surface area (TPSA) is 75.6 Å². The van der Waals surface area contributed by atoms with Crippen LogP contribution in [0.25, 0.3) is 22.2 Å². The Morgan fingerprint density at radius 2 is 1.66 bits per heavy atom. The van der Waals surface area contributed by atoms with Crippen molar-refractivity contribution in [1.29, 1.82) is 0 Å². The lowest BCUT2D eigenvalue weighted by Crippen LogP contribution is -2.50. The van der Waals surface area contributed by atoms with E-state index < -0.39 is 5.97 Å². The Morgan fingerprint density at radius 1 is 0.914 bits per heavy atom. The van der Waals surface area contributed by atoms with E-state index in [2.05, 4.69) is 14.9 Å². The first-order valence-corrected chi connectivity index (χ1v) is 11.3. The second-order valence-corrected chi connectivity index (χ2v) is 8.21. The van der Waals surface area contributed by atoms with Crippen molar-refractivity contribution >= 4 is 28.6 Å². The average molecular weight is 471 g/mol. The van der Waals surface area contributed by atoms with Gasteiger partial charge in [0, 0.05) is 43.3 Å². The number of aromatic nitrogens is 2. The molecular formula is C27H23FN4O3. The van der Waals surface area contributed by atoms with Gasteiger partial charge in [-0.15, -0.1) is 0 Å². The maximum absolute atomic E-state index is 13.4. The predicted molar refractivity (Wildman–Crippen MR) is 130 cm³/mol. The number of ether oxygens (including phenoxy) is 1. The quantitative estimate of drug-likeness (QED) is 0.412. The van der Waals surface area contributed by atoms with Gasteiger partial charge in [0.2, 0.25) is 0 Å². The van der Waals surface area contributed by atoms with E-state index in [0.29, 0.717) is 53.9 Å². The third-order valence-electron chi connectivity index (χ3n) is 6.01. The van der Waals surface area contributed by atoms with Gasteiger partial charge in [-0.3, -0.25) is 4.79 Å². The number of rotatable bonds is 5. The highest BCUT2D eigenvalue weighted by Gasteiger charge is 2.23. The van der Waals surface area contributed by atoms with E-state index in [1.165, 1.54) is 12.1 Å². The summed E-state index contributed by atoms with van der Waals surface area (Å²) in [5, 5.41) is 0.625. The van der Waals surface area contributed by atoms with Gasteiger partial charge in [0.1, 0.15) is 11.6 Å². The molecule has 1 aliphatic heterocycles. The van der Waals surface area contributed by atoms with Crippen molar-refractivity contribution in [1.82, 2.24) is 14.9 Å². The zero-order chi connectivity index (χ0) is 24.2. The van der Waals surface area contributed by atoms with E-state index >= 15 is 0 Å². The second kappa shape index (κ2) is 9.89. The summed E-state index contributed by atoms with van der Waals surface area (Å²) in [6.45, 7) is 2.03. The molecule has 4 aromatic rings. The number of benzene rings is 2. The Morgan fingerprint density at radius 3 is 2.40 bits per heavy atom. The fourth-order valence-electron chi connectivity index (χ4n) is 4.13. The molecule has 1 saturated heterocycles. The first-order chi connectivity index (χ1) is 17.1. The lowest BCUT2D eigenvalue weighted by Gasteiger charge is -2.35. The monoisotopic (exact) mass is 470 g/mol. The molecule has 3 heterocycles. The summed E-state index contributed by atoms with van der Waals surface area (Å²) in [7, 11) is 0. The standard InChI is InChI=1S/C27H23FN4O3/c28-20-10-8-19(9-11-20)24-17-22(21-5-1-2-6-23(21)30-24)27(34)35-18-26(33)32-15-13-31(14-16-32)25-7-3-4-12-29-25/h1-12,17H,13-16,18H2. The minimum absolute atomic E-state index is 0.240. The van der Waals surface area contributed by atoms with Crippen molar-refractivity contribution in [2.45, 2.75) is 0 Å². The summed E-state index contributed by atoms with van der Waals surface area (Å²) in [6, 6.07) is 20.5. The largest absolute Gasteiger partial charge is 0.452 e. The van der Waals surface area contributed by atoms with E-state index in [4.69, 9.17) is 4.74 Å². The zero-order valence-corrected chi connectivity index (χ0v) is 18.9. The van der Waals surface area contributed by atoms with Crippen molar-refractivity contribution in [3.63, 3.8) is 0 Å². The van der Waals surface area contributed by atoms with E-state index in [1.54, 1.807) is 41.4 Å². The van der Waals surface area contributed by atoms with Crippen LogP contribution in [0.5, 0.6) is 0 Å². The van der Waals surface area contributed by atoms with Crippen LogP contribution in [0.15, 0.2) is 79.0 Å². The molecule has 1 amide bonds. The Balaban J connectivity index is 1.27. The van der Waals surface area contributed by atoms with Crippen LogP contribution in [0.2, 0.25) is 0 Å². The molecule has 2 aromatic carbocycles. The van der Waals surface area contributed by atoms with Crippen LogP contribution in [-0.2, 0) is 9.53 Å². The molecule has 0 radical (unpaired) electrons. The number of anilines is 1. The van der Waals surface area contributed by atoms with Crippen LogP contribution in [0.4, 0.5) is 10.2 Å². The fraction of sp³-hybridized carbons (Fsp3) is 0.185. The molecule has 2 aromatic heterocycles. The molecule has 0 unspecified atom stereocenters. The summed E-state index contributed by atoms with van der Waals surface area (Å²) >= 11 is 0. The lowest BCUT2D eigenvalue weighted by molar-refractivity contribution is -0.134. The van der Waals surface area contributed by atoms with Gasteiger partial charge < -0.3 is 14.5 Å². The van der Waals surface area contributed by atoms with Gasteiger partial charge in [-0.05, 0) is 48.5 Å². The van der Waals surface area contributed by atoms with E-state index in [-0.39, 0.29) is 18.3 Å². The molecule has 0 spiro atoms. The highest BCUT2D eigenvalue weighted by atomic mass is 19.1. The van der Waals surface area contributed by atoms with E-state index in [1.807, 2.05) is 30.3 Å². The first kappa shape index (κ1) is 22.5. The van der Waals surface area contributed by atoms with Crippen molar-refractivity contribution in [2.75, 3.05) is 37.7 Å². The first-order valence-electron chi connectivity index (χ1n) is 11.3. The summed E-state index contributed by atoms with van der Waals surface area (Å²) in [5.41, 5.74) is 2.11. The summed E-state index contributed by atoms with van der Waals surface area (Å²) in [6.07, 6.45) is 1.75. The van der Waals surface area contributed by atoms with Gasteiger partial charge in [0.05, 0.1) is 16.8 Å². The number of amides is 1. The summed E-state index contributed by atoms with van der Waals surface area (Å²) < 4.78 is 18.8. The van der Waals surface area contributed by atoms with Gasteiger partial charge in [-0.25, -0.2) is 19.2 Å². The van der Waals surface area contributed by atoms with Crippen LogP contribution in [0.1, 0.15) is 10.4 Å². The number of hydrogen-bond acceptors (Lipinski definition) is 6. The maximum atomic E-state index is 13.4. The minimum Gasteiger partial charge on any atom is -0.452 e. The van der Waals surface area contributed by atoms with Gasteiger partial charge >= 0.3 is 5.97 Å². The lowest BCUT2D eigenvalue weighted by atomic mass is 10.0. The number of halogens is 1. The molecule has 0 aliphatic carbocycles. The zero-order valence-electron chi connectivity index (χ0n) is 18.9. The molecule has 0 atom stereocenters. The van der Waals surface area contributed by atoms with Crippen LogP contribution < -0.4 is 4.90 Å². The number of hydrogen-bond donors (Lipinski definition) is 0. The molecular weight excluding hydrogens is 447 g/mol. The number of carbonyl (C=O) groups is 2. The second-order valence-electron chi connectivity index (χ2n) is 8.21. The van der Waals surface area contributed by atoms with Crippen molar-refractivity contribution in [2.24, 2.45) is 0 Å². The van der Waals surface area contributed by atoms with Gasteiger partial charge in [-0.2, -0.15) is 0 Å². The fourth-order valence-corrected chi connectivity index (χ4v) is 4.13. The molecule has 1 fully saturated rings. The Hall–Kier alpha value is -4.33. The normalized spacial score (nSPS) is 13.6. The van der Waals surface area contributed by atoms with Crippen LogP contribution >= 0.6 is 0 Å². The van der Waals surface area contributed by atoms with Crippen molar-refractivity contribution < 1.29 is 18.7 Å². The molecule has 8 heteroatoms. The number of fused-ring (bicyclic) bond motifs is 1. The number of piperazine rings is 1. The van der Waals surface area contributed by atoms with E-state index in [9.17, 15) is 14.0 Å². The van der Waals surface area contributed by atoms with Gasteiger partial charge in [0.25, 0.3) is 5.91 Å². The number of esters is 1. The summed E-state index contributed by atoms with van der Waals surface area (Å²) in [4.78, 5) is 38.5. The van der Waals surface area contributed by atoms with Crippen LogP contribution in [0.3, 0.4) is 0 Å². The van der Waals surface area contributed by atoms with Gasteiger partial charge in [0.15, 0.2) is 6.61 Å². The highest BCUT2D eigenvalue weighted by Crippen LogP contribution is 2.26. The van der Waals surface area contributed by atoms with Crippen LogP contribution in [0, 0.1) is 5.82 Å². The number of nitrogens with zero attached hydrogens (tertiary/aromatic N) is 4. The molecule has 35 heavy (non-hydrogen) atoms. The molecule has 176 valence electrons. The van der Waals surface area contributed by atoms with E-state index in [0.717, 1.165) is 5.82 Å². The Bertz CT molecular complexity index is 1350. The predicted octanol–water partition coefficient (Wildman–Crippen LogP) is 3.94. The molecule has 0 bridgehead atoms. The maximum Gasteiger partial charge on any atom is 0.339 e. The van der Waals surface area contributed by atoms with Crippen LogP contribution in [-0.4, -0.2) is 59.5 Å². The third kappa shape index (κ3) is 4.96. The third-order valence-corrected chi connectivity index (χ3v) is 6.01. The average Bonchev–Trinajstić information content (AvgIpc) is 2.92. The highest BCUT2D eigenvalue weighted by molar-refractivity contribution is 6.05. The molecule has 0 saturated carbocycles. The SMILES string of the molecule is O=C(OCC(=O)N1CCN(c2ccccn2)CC1)c1cc(-c2ccc(F)cc2)nc2ccccc12. The number of pyridine rings is 2. The van der Waals surface area contributed by atoms with Crippen molar-refractivity contribution in [3.8, 4) is 11.3 Å². The van der Waals surface area contributed by atoms with Crippen molar-refractivity contribution in [3.05, 3.63) is 90.4 Å². The molecule has 1 aliphatic rings. The minimum atomic E-state index is -0.604. The molecule has 0 N–H and O–H groups in total. The Kier molecular flexibility index (Phi) is 6.34. The molecule has 5 rings (SSSR count). The van der Waals surface area contributed by atoms with Gasteiger partial charge in [-0.1, -0.05) is 24.3 Å². The number of para-hydroxylation sites is 1. The number of carbonyl (C=O) groups excluding carboxylic acids is 2. The Labute approximate surface area is 201 Å².